The van der Waals surface area contributed by atoms with Gasteiger partial charge in [-0.05, 0) is 72.7 Å². The summed E-state index contributed by atoms with van der Waals surface area (Å²) in [4.78, 5) is 47.0. The van der Waals surface area contributed by atoms with Gasteiger partial charge in [0.2, 0.25) is 11.8 Å². The molecule has 1 fully saturated rings. The van der Waals surface area contributed by atoms with E-state index in [0.717, 1.165) is 42.5 Å². The Morgan fingerprint density at radius 3 is 2.79 bits per heavy atom. The standard InChI is InChI=1S/C33H36N4O5/c38-30-8-2-1-3-14-36(30)15-12-31(39)37-16-11-23-18-27-9-10-29(23)32(37)24-6-4-7-26(19-24)41-17-5-13-35-33(40)25-20-28(42-27)22-34-21-25/h4,6-7,9-10,18-22,32H,1-3,5,8,11-17H2,(H,35,40). The zero-order valence-electron chi connectivity index (χ0n) is 23.7. The summed E-state index contributed by atoms with van der Waals surface area (Å²) in [7, 11) is 0. The third-order valence-corrected chi connectivity index (χ3v) is 8.19. The number of carbonyl (C=O) groups excluding carboxylic acids is 3. The van der Waals surface area contributed by atoms with Crippen LogP contribution in [0.4, 0.5) is 0 Å². The maximum atomic E-state index is 13.8. The number of fused-ring (bicyclic) bond motifs is 6. The Morgan fingerprint density at radius 1 is 0.929 bits per heavy atom. The van der Waals surface area contributed by atoms with Crippen LogP contribution >= 0.6 is 0 Å². The number of pyridine rings is 1. The van der Waals surface area contributed by atoms with Crippen molar-refractivity contribution in [3.8, 4) is 17.2 Å². The third-order valence-electron chi connectivity index (χ3n) is 8.19. The summed E-state index contributed by atoms with van der Waals surface area (Å²) >= 11 is 0. The van der Waals surface area contributed by atoms with Crippen LogP contribution in [0.15, 0.2) is 60.9 Å². The van der Waals surface area contributed by atoms with Crippen molar-refractivity contribution < 1.29 is 23.9 Å². The highest BCUT2D eigenvalue weighted by molar-refractivity contribution is 5.94. The van der Waals surface area contributed by atoms with Gasteiger partial charge >= 0.3 is 0 Å². The molecular formula is C33H36N4O5. The highest BCUT2D eigenvalue weighted by Gasteiger charge is 2.33. The first-order chi connectivity index (χ1) is 20.5. The van der Waals surface area contributed by atoms with Gasteiger partial charge in [0.05, 0.1) is 24.4 Å². The first kappa shape index (κ1) is 27.8. The lowest BCUT2D eigenvalue weighted by Gasteiger charge is -2.38. The Labute approximate surface area is 245 Å². The van der Waals surface area contributed by atoms with Crippen LogP contribution in [0, 0.1) is 0 Å². The molecule has 4 aliphatic rings. The average Bonchev–Trinajstić information content (AvgIpc) is 3.22. The van der Waals surface area contributed by atoms with Gasteiger partial charge in [0.15, 0.2) is 0 Å². The van der Waals surface area contributed by atoms with E-state index >= 15 is 0 Å². The summed E-state index contributed by atoms with van der Waals surface area (Å²) in [6.45, 7) is 2.62. The van der Waals surface area contributed by atoms with Crippen LogP contribution in [0.3, 0.4) is 0 Å². The van der Waals surface area contributed by atoms with E-state index in [1.807, 2.05) is 52.3 Å². The second kappa shape index (κ2) is 12.6. The number of ether oxygens (including phenoxy) is 2. The fraction of sp³-hybridized carbons (Fsp3) is 0.394. The van der Waals surface area contributed by atoms with E-state index in [1.54, 1.807) is 12.3 Å². The summed E-state index contributed by atoms with van der Waals surface area (Å²) in [6.07, 6.45) is 8.25. The predicted octanol–water partition coefficient (Wildman–Crippen LogP) is 4.65. The van der Waals surface area contributed by atoms with Gasteiger partial charge in [-0.3, -0.25) is 19.4 Å². The molecule has 42 heavy (non-hydrogen) atoms. The zero-order valence-corrected chi connectivity index (χ0v) is 23.7. The lowest BCUT2D eigenvalue weighted by atomic mass is 9.87. The van der Waals surface area contributed by atoms with Crippen LogP contribution in [-0.4, -0.2) is 65.3 Å². The molecule has 0 saturated carbocycles. The summed E-state index contributed by atoms with van der Waals surface area (Å²) in [6, 6.07) is 15.2. The van der Waals surface area contributed by atoms with E-state index in [0.29, 0.717) is 74.7 Å². The van der Waals surface area contributed by atoms with Gasteiger partial charge in [-0.25, -0.2) is 0 Å². The van der Waals surface area contributed by atoms with E-state index < -0.39 is 0 Å². The summed E-state index contributed by atoms with van der Waals surface area (Å²) < 4.78 is 12.2. The first-order valence-corrected chi connectivity index (χ1v) is 14.9. The number of nitrogens with zero attached hydrogens (tertiary/aromatic N) is 3. The Bertz CT molecular complexity index is 1470. The molecule has 4 aliphatic heterocycles. The van der Waals surface area contributed by atoms with Gasteiger partial charge in [0.1, 0.15) is 17.2 Å². The molecule has 1 saturated heterocycles. The van der Waals surface area contributed by atoms with Crippen LogP contribution in [0.25, 0.3) is 0 Å². The van der Waals surface area contributed by atoms with E-state index in [1.165, 1.54) is 6.20 Å². The number of aromatic nitrogens is 1. The van der Waals surface area contributed by atoms with Crippen LogP contribution in [0.2, 0.25) is 0 Å². The highest BCUT2D eigenvalue weighted by Crippen LogP contribution is 2.39. The molecular weight excluding hydrogens is 532 g/mol. The SMILES string of the molecule is O=C1NCCCOc2cccc(c2)C2c3ccc(cc3CCN2C(=O)CCN2CCCCCC2=O)Oc2cncc1c2. The van der Waals surface area contributed by atoms with Crippen molar-refractivity contribution in [1.29, 1.82) is 0 Å². The molecule has 9 heteroatoms. The number of amides is 3. The summed E-state index contributed by atoms with van der Waals surface area (Å²) in [5.74, 6) is 1.81. The Kier molecular flexibility index (Phi) is 8.35. The third kappa shape index (κ3) is 6.25. The van der Waals surface area contributed by atoms with Gasteiger partial charge in [-0.1, -0.05) is 24.6 Å². The van der Waals surface area contributed by atoms with Crippen molar-refractivity contribution >= 4 is 17.7 Å². The van der Waals surface area contributed by atoms with E-state index in [2.05, 4.69) is 10.3 Å². The average molecular weight is 569 g/mol. The fourth-order valence-corrected chi connectivity index (χ4v) is 6.02. The second-order valence-corrected chi connectivity index (χ2v) is 11.1. The largest absolute Gasteiger partial charge is 0.494 e. The van der Waals surface area contributed by atoms with Gasteiger partial charge in [0, 0.05) is 45.2 Å². The smallest absolute Gasteiger partial charge is 0.252 e. The molecule has 0 radical (unpaired) electrons. The Morgan fingerprint density at radius 2 is 1.86 bits per heavy atom. The van der Waals surface area contributed by atoms with Crippen molar-refractivity contribution in [2.24, 2.45) is 0 Å². The Hall–Kier alpha value is -4.40. The highest BCUT2D eigenvalue weighted by atomic mass is 16.5. The molecule has 7 rings (SSSR count). The molecule has 218 valence electrons. The summed E-state index contributed by atoms with van der Waals surface area (Å²) in [5, 5.41) is 2.91. The molecule has 0 spiro atoms. The monoisotopic (exact) mass is 568 g/mol. The minimum absolute atomic E-state index is 0.0371. The van der Waals surface area contributed by atoms with Gasteiger partial charge < -0.3 is 24.6 Å². The van der Waals surface area contributed by atoms with Gasteiger partial charge in [-0.2, -0.15) is 0 Å². The van der Waals surface area contributed by atoms with E-state index in [9.17, 15) is 14.4 Å². The molecule has 1 unspecified atom stereocenters. The van der Waals surface area contributed by atoms with Crippen molar-refractivity contribution in [3.05, 3.63) is 83.2 Å². The van der Waals surface area contributed by atoms with Crippen molar-refractivity contribution in [2.45, 2.75) is 51.0 Å². The van der Waals surface area contributed by atoms with Crippen LogP contribution in [0.5, 0.6) is 17.2 Å². The van der Waals surface area contributed by atoms with Crippen molar-refractivity contribution in [1.82, 2.24) is 20.1 Å². The van der Waals surface area contributed by atoms with Crippen LogP contribution in [0.1, 0.15) is 71.6 Å². The molecule has 1 aromatic heterocycles. The second-order valence-electron chi connectivity index (χ2n) is 11.1. The molecule has 1 atom stereocenters. The maximum Gasteiger partial charge on any atom is 0.252 e. The zero-order chi connectivity index (χ0) is 28.9. The summed E-state index contributed by atoms with van der Waals surface area (Å²) in [5.41, 5.74) is 3.53. The van der Waals surface area contributed by atoms with Crippen LogP contribution < -0.4 is 14.8 Å². The van der Waals surface area contributed by atoms with Gasteiger partial charge in [-0.15, -0.1) is 0 Å². The van der Waals surface area contributed by atoms with Crippen molar-refractivity contribution in [2.75, 3.05) is 32.8 Å². The number of nitrogens with one attached hydrogen (secondary N) is 1. The first-order valence-electron chi connectivity index (χ1n) is 14.9. The van der Waals surface area contributed by atoms with Crippen molar-refractivity contribution in [3.63, 3.8) is 0 Å². The number of hydrogen-bond donors (Lipinski definition) is 1. The lowest BCUT2D eigenvalue weighted by molar-refractivity contribution is -0.135. The minimum Gasteiger partial charge on any atom is -0.494 e. The fourth-order valence-electron chi connectivity index (χ4n) is 6.02. The normalized spacial score (nSPS) is 19.1. The predicted molar refractivity (Wildman–Crippen MR) is 157 cm³/mol. The molecule has 3 aromatic rings. The number of rotatable bonds is 3. The maximum absolute atomic E-state index is 13.8. The number of benzene rings is 2. The quantitative estimate of drug-likeness (QED) is 0.494. The number of likely N-dealkylation sites (tertiary alicyclic amines) is 1. The number of hydrogen-bond acceptors (Lipinski definition) is 6. The molecule has 1 N–H and O–H groups in total. The molecule has 2 aromatic carbocycles. The molecule has 0 aliphatic carbocycles. The van der Waals surface area contributed by atoms with Gasteiger partial charge in [0.25, 0.3) is 5.91 Å². The molecule has 3 amide bonds. The molecule has 5 heterocycles. The number of carbonyl (C=O) groups is 3. The van der Waals surface area contributed by atoms with Crippen LogP contribution in [-0.2, 0) is 16.0 Å². The van der Waals surface area contributed by atoms with E-state index in [-0.39, 0.29) is 23.8 Å². The Balaban J connectivity index is 1.32. The molecule has 8 bridgehead atoms. The molecule has 9 nitrogen and oxygen atoms in total. The lowest BCUT2D eigenvalue weighted by Crippen LogP contribution is -2.42. The minimum atomic E-state index is -0.290. The van der Waals surface area contributed by atoms with E-state index in [4.69, 9.17) is 9.47 Å². The topological polar surface area (TPSA) is 101 Å².